The van der Waals surface area contributed by atoms with Gasteiger partial charge in [-0.3, -0.25) is 0 Å². The number of carboxylic acids is 1. The number of ether oxygens (including phenoxy) is 2. The molecule has 150 valence electrons. The summed E-state index contributed by atoms with van der Waals surface area (Å²) in [7, 11) is 0. The van der Waals surface area contributed by atoms with Gasteiger partial charge in [0.05, 0.1) is 12.2 Å². The van der Waals surface area contributed by atoms with E-state index in [4.69, 9.17) is 14.6 Å². The minimum absolute atomic E-state index is 0.146. The van der Waals surface area contributed by atoms with Gasteiger partial charge in [-0.2, -0.15) is 13.2 Å². The molecule has 8 nitrogen and oxygen atoms in total. The molecule has 2 rings (SSSR count). The Labute approximate surface area is 150 Å². The fourth-order valence-corrected chi connectivity index (χ4v) is 2.39. The highest BCUT2D eigenvalue weighted by atomic mass is 19.4. The quantitative estimate of drug-likeness (QED) is 0.346. The summed E-state index contributed by atoms with van der Waals surface area (Å²) in [6, 6.07) is 3.77. The zero-order valence-corrected chi connectivity index (χ0v) is 13.6. The summed E-state index contributed by atoms with van der Waals surface area (Å²) in [6.45, 7) is -0.759. The normalized spacial score (nSPS) is 29.4. The first-order valence-electron chi connectivity index (χ1n) is 7.64. The van der Waals surface area contributed by atoms with Gasteiger partial charge in [0.15, 0.2) is 0 Å². The number of rotatable bonds is 5. The van der Waals surface area contributed by atoms with Gasteiger partial charge < -0.3 is 35.0 Å². The number of hydrogen-bond donors (Lipinski definition) is 5. The van der Waals surface area contributed by atoms with Crippen LogP contribution in [0.3, 0.4) is 0 Å². The van der Waals surface area contributed by atoms with Crippen molar-refractivity contribution in [1.82, 2.24) is 0 Å². The highest BCUT2D eigenvalue weighted by Crippen LogP contribution is 2.30. The predicted octanol–water partition coefficient (Wildman–Crippen LogP) is -0.0526. The standard InChI is InChI=1S/C16H17F3O8/c17-16(18,19)8-3-1-2-7(4-8)5-9(14(24)25)26-15-13(23)12(22)11(21)10(6-20)27-15/h1-5,10-13,15,20-23H,6H2,(H,24,25)/b9-5-/t10-,11-,12+,13-,15-/m0/s1. The molecule has 1 fully saturated rings. The summed E-state index contributed by atoms with van der Waals surface area (Å²) in [6.07, 6.45) is -12.3. The summed E-state index contributed by atoms with van der Waals surface area (Å²) in [5, 5.41) is 47.5. The van der Waals surface area contributed by atoms with E-state index in [1.807, 2.05) is 0 Å². The van der Waals surface area contributed by atoms with Gasteiger partial charge >= 0.3 is 12.1 Å². The fourth-order valence-electron chi connectivity index (χ4n) is 2.39. The lowest BCUT2D eigenvalue weighted by molar-refractivity contribution is -0.291. The molecule has 0 spiro atoms. The maximum atomic E-state index is 12.8. The second-order valence-corrected chi connectivity index (χ2v) is 5.75. The van der Waals surface area contributed by atoms with Crippen molar-refractivity contribution in [3.05, 3.63) is 41.2 Å². The van der Waals surface area contributed by atoms with Crippen LogP contribution in [0.15, 0.2) is 30.0 Å². The first-order valence-corrected chi connectivity index (χ1v) is 7.64. The Bertz CT molecular complexity index is 703. The van der Waals surface area contributed by atoms with E-state index in [0.717, 1.165) is 18.2 Å². The molecule has 0 saturated carbocycles. The van der Waals surface area contributed by atoms with Gasteiger partial charge in [-0.1, -0.05) is 12.1 Å². The van der Waals surface area contributed by atoms with Crippen molar-refractivity contribution in [2.45, 2.75) is 36.9 Å². The second-order valence-electron chi connectivity index (χ2n) is 5.75. The smallest absolute Gasteiger partial charge is 0.416 e. The molecule has 0 bridgehead atoms. The van der Waals surface area contributed by atoms with Gasteiger partial charge in [0, 0.05) is 0 Å². The highest BCUT2D eigenvalue weighted by Gasteiger charge is 2.45. The average Bonchev–Trinajstić information content (AvgIpc) is 2.60. The molecule has 0 aromatic heterocycles. The van der Waals surface area contributed by atoms with Crippen LogP contribution in [-0.2, 0) is 20.4 Å². The van der Waals surface area contributed by atoms with E-state index in [9.17, 15) is 38.4 Å². The van der Waals surface area contributed by atoms with Gasteiger partial charge in [-0.15, -0.1) is 0 Å². The topological polar surface area (TPSA) is 137 Å². The monoisotopic (exact) mass is 394 g/mol. The molecule has 5 atom stereocenters. The lowest BCUT2D eigenvalue weighted by Gasteiger charge is -2.39. The van der Waals surface area contributed by atoms with Crippen LogP contribution in [0, 0.1) is 0 Å². The summed E-state index contributed by atoms with van der Waals surface area (Å²) in [4.78, 5) is 11.3. The van der Waals surface area contributed by atoms with E-state index in [2.05, 4.69) is 0 Å². The van der Waals surface area contributed by atoms with E-state index >= 15 is 0 Å². The van der Waals surface area contributed by atoms with Crippen molar-refractivity contribution in [1.29, 1.82) is 0 Å². The Hall–Kier alpha value is -2.18. The van der Waals surface area contributed by atoms with Crippen molar-refractivity contribution in [3.8, 4) is 0 Å². The van der Waals surface area contributed by atoms with Crippen LogP contribution in [-0.4, -0.2) is 68.8 Å². The van der Waals surface area contributed by atoms with Crippen molar-refractivity contribution < 1.29 is 53.0 Å². The number of benzene rings is 1. The van der Waals surface area contributed by atoms with Gasteiger partial charge in [-0.05, 0) is 23.8 Å². The van der Waals surface area contributed by atoms with Crippen LogP contribution in [0.4, 0.5) is 13.2 Å². The Morgan fingerprint density at radius 2 is 1.85 bits per heavy atom. The molecule has 1 aliphatic heterocycles. The van der Waals surface area contributed by atoms with Gasteiger partial charge in [0.1, 0.15) is 24.4 Å². The van der Waals surface area contributed by atoms with Crippen LogP contribution < -0.4 is 0 Å². The lowest BCUT2D eigenvalue weighted by Crippen LogP contribution is -2.59. The predicted molar refractivity (Wildman–Crippen MR) is 81.9 cm³/mol. The molecular weight excluding hydrogens is 377 g/mol. The van der Waals surface area contributed by atoms with Gasteiger partial charge in [0.25, 0.3) is 0 Å². The van der Waals surface area contributed by atoms with Gasteiger partial charge in [0.2, 0.25) is 12.0 Å². The van der Waals surface area contributed by atoms with E-state index in [1.165, 1.54) is 6.07 Å². The maximum Gasteiger partial charge on any atom is 0.416 e. The first kappa shape index (κ1) is 21.1. The van der Waals surface area contributed by atoms with Crippen LogP contribution in [0.2, 0.25) is 0 Å². The number of aliphatic hydroxyl groups excluding tert-OH is 4. The minimum Gasteiger partial charge on any atom is -0.475 e. The van der Waals surface area contributed by atoms with Crippen molar-refractivity contribution in [2.24, 2.45) is 0 Å². The number of carbonyl (C=O) groups is 1. The molecule has 5 N–H and O–H groups in total. The summed E-state index contributed by atoms with van der Waals surface area (Å²) >= 11 is 0. The molecule has 1 heterocycles. The van der Waals surface area contributed by atoms with Crippen LogP contribution in [0.1, 0.15) is 11.1 Å². The summed E-state index contributed by atoms with van der Waals surface area (Å²) in [5.41, 5.74) is -1.15. The summed E-state index contributed by atoms with van der Waals surface area (Å²) in [5.74, 6) is -2.55. The molecule has 1 aliphatic rings. The van der Waals surface area contributed by atoms with E-state index in [-0.39, 0.29) is 5.56 Å². The third-order valence-electron chi connectivity index (χ3n) is 3.81. The van der Waals surface area contributed by atoms with E-state index < -0.39 is 60.8 Å². The van der Waals surface area contributed by atoms with E-state index in [1.54, 1.807) is 0 Å². The van der Waals surface area contributed by atoms with Crippen LogP contribution >= 0.6 is 0 Å². The fraction of sp³-hybridized carbons (Fsp3) is 0.438. The zero-order valence-electron chi connectivity index (χ0n) is 13.6. The molecule has 1 saturated heterocycles. The molecular formula is C16H17F3O8. The number of halogens is 3. The largest absolute Gasteiger partial charge is 0.475 e. The van der Waals surface area contributed by atoms with Crippen LogP contribution in [0.25, 0.3) is 6.08 Å². The molecule has 0 unspecified atom stereocenters. The molecule has 27 heavy (non-hydrogen) atoms. The molecule has 1 aromatic rings. The van der Waals surface area contributed by atoms with Gasteiger partial charge in [-0.25, -0.2) is 4.79 Å². The number of alkyl halides is 3. The second kappa shape index (κ2) is 8.23. The van der Waals surface area contributed by atoms with Crippen molar-refractivity contribution in [3.63, 3.8) is 0 Å². The Morgan fingerprint density at radius 3 is 2.41 bits per heavy atom. The molecule has 0 amide bonds. The third-order valence-corrected chi connectivity index (χ3v) is 3.81. The zero-order chi connectivity index (χ0) is 20.4. The Balaban J connectivity index is 2.28. The molecule has 1 aromatic carbocycles. The SMILES string of the molecule is O=C(O)/C(=C/c1cccc(C(F)(F)F)c1)O[C@H]1O[C@@H](CO)[C@H](O)[C@@H](O)[C@@H]1O. The molecule has 0 aliphatic carbocycles. The number of aliphatic hydroxyl groups is 4. The molecule has 0 radical (unpaired) electrons. The van der Waals surface area contributed by atoms with Crippen molar-refractivity contribution in [2.75, 3.05) is 6.61 Å². The van der Waals surface area contributed by atoms with Crippen LogP contribution in [0.5, 0.6) is 0 Å². The van der Waals surface area contributed by atoms with E-state index in [0.29, 0.717) is 6.07 Å². The first-order chi connectivity index (χ1) is 12.5. The third kappa shape index (κ3) is 4.96. The average molecular weight is 394 g/mol. The summed E-state index contributed by atoms with van der Waals surface area (Å²) < 4.78 is 48.2. The molecule has 11 heteroatoms. The lowest BCUT2D eigenvalue weighted by atomic mass is 9.99. The highest BCUT2D eigenvalue weighted by molar-refractivity contribution is 5.89. The Morgan fingerprint density at radius 1 is 1.19 bits per heavy atom. The Kier molecular flexibility index (Phi) is 6.44. The number of carboxylic acid groups (broad SMARTS) is 1. The van der Waals surface area contributed by atoms with Crippen molar-refractivity contribution >= 4 is 12.0 Å². The number of aliphatic carboxylic acids is 1. The minimum atomic E-state index is -4.63. The maximum absolute atomic E-state index is 12.8. The number of hydrogen-bond acceptors (Lipinski definition) is 7.